The molecule has 2 heteroatoms. The topological polar surface area (TPSA) is 0 Å². The number of hydrogen-bond donors (Lipinski definition) is 0. The molecule has 0 saturated carbocycles. The minimum absolute atomic E-state index is 0. The van der Waals surface area contributed by atoms with Gasteiger partial charge < -0.3 is 9.19 Å². The lowest BCUT2D eigenvalue weighted by Gasteiger charge is -2.25. The summed E-state index contributed by atoms with van der Waals surface area (Å²) < 4.78 is 1.14. The molecule has 8 heavy (non-hydrogen) atoms. The van der Waals surface area contributed by atoms with Gasteiger partial charge in [-0.1, -0.05) is 0 Å². The molecule has 0 atom stereocenters. The van der Waals surface area contributed by atoms with Crippen LogP contribution in [0.5, 0.6) is 0 Å². The summed E-state index contributed by atoms with van der Waals surface area (Å²) in [7, 11) is 4.47. The van der Waals surface area contributed by atoms with Gasteiger partial charge in [0, 0.05) is 0 Å². The van der Waals surface area contributed by atoms with Gasteiger partial charge in [0.2, 0.25) is 0 Å². The Morgan fingerprint density at radius 3 is 1.25 bits per heavy atom. The van der Waals surface area contributed by atoms with Crippen LogP contribution < -0.4 is 4.70 Å². The van der Waals surface area contributed by atoms with Crippen LogP contribution in [0.3, 0.4) is 0 Å². The van der Waals surface area contributed by atoms with Crippen LogP contribution >= 0.6 is 0 Å². The monoisotopic (exact) mass is 121 g/mol. The smallest absolute Gasteiger partial charge is 0.0753 e. The summed E-state index contributed by atoms with van der Waals surface area (Å²) in [4.78, 5) is 0. The summed E-state index contributed by atoms with van der Waals surface area (Å²) in [5.41, 5.74) is 0. The fraction of sp³-hybridized carbons (Fsp3) is 1.00. The molecule has 0 bridgehead atoms. The first-order valence-corrected chi connectivity index (χ1v) is 2.94. The summed E-state index contributed by atoms with van der Waals surface area (Å²) in [6.07, 6.45) is 0. The van der Waals surface area contributed by atoms with Crippen molar-refractivity contribution in [3.63, 3.8) is 0 Å². The lowest BCUT2D eigenvalue weighted by atomic mass is 10.5. The lowest BCUT2D eigenvalue weighted by molar-refractivity contribution is -0.886. The number of quaternary nitrogens is 1. The zero-order chi connectivity index (χ0) is 5.91. The van der Waals surface area contributed by atoms with Gasteiger partial charge in [-0.15, -0.1) is 0 Å². The van der Waals surface area contributed by atoms with Crippen molar-refractivity contribution in [2.45, 2.75) is 13.8 Å². The first kappa shape index (κ1) is 10.8. The molecule has 0 radical (unpaired) electrons. The number of rotatable bonds is 2. The molecular weight excluding hydrogens is 105 g/mol. The van der Waals surface area contributed by atoms with E-state index in [2.05, 4.69) is 27.9 Å². The van der Waals surface area contributed by atoms with Crippen molar-refractivity contribution in [2.24, 2.45) is 0 Å². The molecule has 0 unspecified atom stereocenters. The summed E-state index contributed by atoms with van der Waals surface area (Å²) in [6.45, 7) is 6.89. The molecule has 0 aliphatic carbocycles. The standard InChI is InChI=1S/C6H16N.FH/c1-5-7(3,4)6-2;/h5-6H2,1-4H3;1H/q+1;/p-1. The van der Waals surface area contributed by atoms with E-state index in [0.29, 0.717) is 0 Å². The van der Waals surface area contributed by atoms with Crippen molar-refractivity contribution in [1.82, 2.24) is 0 Å². The van der Waals surface area contributed by atoms with Gasteiger partial charge in [0.1, 0.15) is 0 Å². The Bertz CT molecular complexity index is 46.5. The molecule has 52 valence electrons. The fourth-order valence-electron chi connectivity index (χ4n) is 0.224. The van der Waals surface area contributed by atoms with Crippen LogP contribution in [0.1, 0.15) is 13.8 Å². The third kappa shape index (κ3) is 4.06. The second kappa shape index (κ2) is 3.84. The minimum Gasteiger partial charge on any atom is -1.00 e. The summed E-state index contributed by atoms with van der Waals surface area (Å²) in [5, 5.41) is 0. The second-order valence-corrected chi connectivity index (χ2v) is 2.57. The average molecular weight is 121 g/mol. The minimum atomic E-state index is 0. The highest BCUT2D eigenvalue weighted by Gasteiger charge is 2.04. The molecule has 0 aromatic carbocycles. The van der Waals surface area contributed by atoms with E-state index in [0.717, 1.165) is 4.48 Å². The van der Waals surface area contributed by atoms with Crippen LogP contribution in [0.25, 0.3) is 0 Å². The van der Waals surface area contributed by atoms with Gasteiger partial charge in [-0.25, -0.2) is 0 Å². The Morgan fingerprint density at radius 2 is 1.25 bits per heavy atom. The van der Waals surface area contributed by atoms with Crippen molar-refractivity contribution in [2.75, 3.05) is 27.2 Å². The highest BCUT2D eigenvalue weighted by Crippen LogP contribution is 1.91. The van der Waals surface area contributed by atoms with Crippen LogP contribution in [0.2, 0.25) is 0 Å². The van der Waals surface area contributed by atoms with E-state index in [-0.39, 0.29) is 4.70 Å². The molecule has 0 spiro atoms. The van der Waals surface area contributed by atoms with Gasteiger partial charge in [0.15, 0.2) is 0 Å². The summed E-state index contributed by atoms with van der Waals surface area (Å²) in [5.74, 6) is 0. The molecule has 0 aliphatic rings. The van der Waals surface area contributed by atoms with Crippen molar-refractivity contribution in [3.8, 4) is 0 Å². The summed E-state index contributed by atoms with van der Waals surface area (Å²) in [6, 6.07) is 0. The van der Waals surface area contributed by atoms with Crippen molar-refractivity contribution in [1.29, 1.82) is 0 Å². The van der Waals surface area contributed by atoms with E-state index in [1.165, 1.54) is 13.1 Å². The van der Waals surface area contributed by atoms with Crippen LogP contribution in [0.4, 0.5) is 0 Å². The molecule has 0 aliphatic heterocycles. The SMILES string of the molecule is CC[N+](C)(C)CC.[F-]. The highest BCUT2D eigenvalue weighted by molar-refractivity contribution is 4.17. The van der Waals surface area contributed by atoms with E-state index in [1.807, 2.05) is 0 Å². The average Bonchev–Trinajstić information content (AvgIpc) is 1.68. The van der Waals surface area contributed by atoms with Gasteiger partial charge >= 0.3 is 0 Å². The maximum Gasteiger partial charge on any atom is 0.0753 e. The van der Waals surface area contributed by atoms with Crippen LogP contribution in [0.15, 0.2) is 0 Å². The van der Waals surface area contributed by atoms with E-state index in [1.54, 1.807) is 0 Å². The molecule has 0 N–H and O–H groups in total. The maximum atomic E-state index is 2.24. The zero-order valence-corrected chi connectivity index (χ0v) is 6.24. The number of nitrogens with zero attached hydrogens (tertiary/aromatic N) is 1. The van der Waals surface area contributed by atoms with E-state index in [4.69, 9.17) is 0 Å². The zero-order valence-electron chi connectivity index (χ0n) is 6.24. The Morgan fingerprint density at radius 1 is 1.00 bits per heavy atom. The third-order valence-electron chi connectivity index (χ3n) is 1.71. The first-order chi connectivity index (χ1) is 3.12. The van der Waals surface area contributed by atoms with Gasteiger partial charge in [-0.2, -0.15) is 0 Å². The van der Waals surface area contributed by atoms with E-state index >= 15 is 0 Å². The van der Waals surface area contributed by atoms with Crippen LogP contribution in [0, 0.1) is 0 Å². The Labute approximate surface area is 51.3 Å². The Balaban J connectivity index is 0. The van der Waals surface area contributed by atoms with Crippen molar-refractivity contribution in [3.05, 3.63) is 0 Å². The molecule has 0 fully saturated rings. The molecule has 0 aromatic heterocycles. The molecule has 0 rings (SSSR count). The quantitative estimate of drug-likeness (QED) is 0.375. The van der Waals surface area contributed by atoms with Crippen LogP contribution in [-0.4, -0.2) is 31.7 Å². The second-order valence-electron chi connectivity index (χ2n) is 2.57. The Hall–Kier alpha value is -0.110. The van der Waals surface area contributed by atoms with Crippen LogP contribution in [-0.2, 0) is 0 Å². The van der Waals surface area contributed by atoms with Crippen molar-refractivity contribution < 1.29 is 9.19 Å². The molecule has 1 nitrogen and oxygen atoms in total. The largest absolute Gasteiger partial charge is 1.00 e. The molecule has 0 aromatic rings. The predicted octanol–water partition coefficient (Wildman–Crippen LogP) is -1.89. The molecular formula is C6H16FN. The summed E-state index contributed by atoms with van der Waals surface area (Å²) >= 11 is 0. The normalized spacial score (nSPS) is 10.5. The maximum absolute atomic E-state index is 2.24. The van der Waals surface area contributed by atoms with Gasteiger partial charge in [0.25, 0.3) is 0 Å². The van der Waals surface area contributed by atoms with E-state index in [9.17, 15) is 0 Å². The first-order valence-electron chi connectivity index (χ1n) is 2.94. The lowest BCUT2D eigenvalue weighted by Crippen LogP contribution is -3.00. The van der Waals surface area contributed by atoms with Gasteiger partial charge in [-0.3, -0.25) is 0 Å². The van der Waals surface area contributed by atoms with Gasteiger partial charge in [-0.05, 0) is 13.8 Å². The van der Waals surface area contributed by atoms with E-state index < -0.39 is 0 Å². The molecule has 0 amide bonds. The van der Waals surface area contributed by atoms with Gasteiger partial charge in [0.05, 0.1) is 27.2 Å². The highest BCUT2D eigenvalue weighted by atomic mass is 19.0. The number of hydrogen-bond acceptors (Lipinski definition) is 0. The fourth-order valence-corrected chi connectivity index (χ4v) is 0.224. The van der Waals surface area contributed by atoms with Crippen molar-refractivity contribution >= 4 is 0 Å². The third-order valence-corrected chi connectivity index (χ3v) is 1.71. The number of halogens is 1. The molecule has 0 saturated heterocycles. The Kier molecular flexibility index (Phi) is 5.18. The molecule has 0 heterocycles. The predicted molar refractivity (Wildman–Crippen MR) is 33.2 cm³/mol.